The first-order chi connectivity index (χ1) is 11.1. The first-order valence-corrected chi connectivity index (χ1v) is 7.73. The Morgan fingerprint density at radius 2 is 1.70 bits per heavy atom. The van der Waals surface area contributed by atoms with Gasteiger partial charge in [-0.25, -0.2) is 4.79 Å². The number of hydrogen-bond donors (Lipinski definition) is 2. The second-order valence-corrected chi connectivity index (χ2v) is 5.65. The number of benzene rings is 2. The van der Waals surface area contributed by atoms with Crippen LogP contribution in [0, 0.1) is 0 Å². The highest BCUT2D eigenvalue weighted by molar-refractivity contribution is 6.31. The molecule has 0 aliphatic heterocycles. The Bertz CT molecular complexity index is 673. The molecule has 0 aliphatic carbocycles. The minimum Gasteiger partial charge on any atom is -0.480 e. The van der Waals surface area contributed by atoms with E-state index in [-0.39, 0.29) is 18.7 Å². The molecule has 5 heteroatoms. The van der Waals surface area contributed by atoms with E-state index in [1.165, 1.54) is 0 Å². The van der Waals surface area contributed by atoms with Gasteiger partial charge in [0.1, 0.15) is 6.04 Å². The van der Waals surface area contributed by atoms with Crippen LogP contribution in [-0.4, -0.2) is 23.0 Å². The zero-order valence-corrected chi connectivity index (χ0v) is 13.3. The monoisotopic (exact) mass is 331 g/mol. The summed E-state index contributed by atoms with van der Waals surface area (Å²) in [5.74, 6) is -1.36. The number of carboxylic acid groups (broad SMARTS) is 1. The number of aryl methyl sites for hydroxylation is 1. The molecule has 0 aromatic heterocycles. The molecule has 0 saturated carbocycles. The molecule has 0 unspecified atom stereocenters. The zero-order valence-electron chi connectivity index (χ0n) is 12.5. The minimum absolute atomic E-state index is 0.159. The van der Waals surface area contributed by atoms with Crippen LogP contribution < -0.4 is 5.32 Å². The summed E-state index contributed by atoms with van der Waals surface area (Å²) in [4.78, 5) is 23.4. The van der Waals surface area contributed by atoms with Crippen molar-refractivity contribution in [2.24, 2.45) is 0 Å². The molecule has 0 radical (unpaired) electrons. The third-order valence-electron chi connectivity index (χ3n) is 3.50. The fourth-order valence-electron chi connectivity index (χ4n) is 2.25. The molecule has 0 spiro atoms. The highest BCUT2D eigenvalue weighted by atomic mass is 35.5. The fraction of sp³-hybridized carbons (Fsp3) is 0.222. The topological polar surface area (TPSA) is 66.4 Å². The third kappa shape index (κ3) is 5.42. The van der Waals surface area contributed by atoms with Crippen molar-refractivity contribution in [1.82, 2.24) is 5.32 Å². The van der Waals surface area contributed by atoms with Crippen molar-refractivity contribution in [1.29, 1.82) is 0 Å². The summed E-state index contributed by atoms with van der Waals surface area (Å²) in [6.07, 6.45) is 0.980. The van der Waals surface area contributed by atoms with Gasteiger partial charge in [0.2, 0.25) is 5.91 Å². The van der Waals surface area contributed by atoms with Crippen LogP contribution in [0.2, 0.25) is 5.02 Å². The molecular formula is C18H18ClNO3. The van der Waals surface area contributed by atoms with E-state index >= 15 is 0 Å². The van der Waals surface area contributed by atoms with Gasteiger partial charge < -0.3 is 10.4 Å². The number of carbonyl (C=O) groups is 2. The van der Waals surface area contributed by atoms with E-state index in [2.05, 4.69) is 5.32 Å². The smallest absolute Gasteiger partial charge is 0.326 e. The predicted molar refractivity (Wildman–Crippen MR) is 89.5 cm³/mol. The highest BCUT2D eigenvalue weighted by Gasteiger charge is 2.21. The summed E-state index contributed by atoms with van der Waals surface area (Å²) >= 11 is 6.05. The number of aliphatic carboxylic acids is 1. The second kappa shape index (κ2) is 8.34. The maximum absolute atomic E-state index is 12.0. The van der Waals surface area contributed by atoms with Gasteiger partial charge in [0.25, 0.3) is 0 Å². The Kier molecular flexibility index (Phi) is 6.18. The second-order valence-electron chi connectivity index (χ2n) is 5.24. The Balaban J connectivity index is 1.92. The van der Waals surface area contributed by atoms with E-state index in [1.807, 2.05) is 30.3 Å². The highest BCUT2D eigenvalue weighted by Crippen LogP contribution is 2.17. The van der Waals surface area contributed by atoms with Crippen LogP contribution in [0.15, 0.2) is 54.6 Å². The van der Waals surface area contributed by atoms with Gasteiger partial charge in [0.05, 0.1) is 0 Å². The van der Waals surface area contributed by atoms with Gasteiger partial charge in [-0.2, -0.15) is 0 Å². The molecule has 1 amide bonds. The number of carbonyl (C=O) groups excluding carboxylic acids is 1. The van der Waals surface area contributed by atoms with Crippen LogP contribution in [0.4, 0.5) is 0 Å². The van der Waals surface area contributed by atoms with Gasteiger partial charge in [-0.15, -0.1) is 0 Å². The molecule has 1 atom stereocenters. The molecule has 2 aromatic carbocycles. The number of rotatable bonds is 7. The molecule has 2 rings (SSSR count). The van der Waals surface area contributed by atoms with E-state index in [4.69, 9.17) is 11.6 Å². The van der Waals surface area contributed by atoms with E-state index in [9.17, 15) is 14.7 Å². The molecule has 0 saturated heterocycles. The van der Waals surface area contributed by atoms with E-state index in [0.29, 0.717) is 17.0 Å². The molecule has 120 valence electrons. The lowest BCUT2D eigenvalue weighted by Crippen LogP contribution is -2.42. The van der Waals surface area contributed by atoms with Gasteiger partial charge >= 0.3 is 5.97 Å². The van der Waals surface area contributed by atoms with E-state index in [1.54, 1.807) is 24.3 Å². The van der Waals surface area contributed by atoms with Crippen molar-refractivity contribution >= 4 is 23.5 Å². The summed E-state index contributed by atoms with van der Waals surface area (Å²) < 4.78 is 0. The lowest BCUT2D eigenvalue weighted by atomic mass is 10.1. The first-order valence-electron chi connectivity index (χ1n) is 7.36. The normalized spacial score (nSPS) is 11.7. The summed E-state index contributed by atoms with van der Waals surface area (Å²) in [6, 6.07) is 15.6. The first kappa shape index (κ1) is 17.0. The zero-order chi connectivity index (χ0) is 16.7. The lowest BCUT2D eigenvalue weighted by Gasteiger charge is -2.15. The number of hydrogen-bond acceptors (Lipinski definition) is 2. The van der Waals surface area contributed by atoms with Crippen LogP contribution in [-0.2, 0) is 22.4 Å². The maximum Gasteiger partial charge on any atom is 0.326 e. The Labute approximate surface area is 140 Å². The molecule has 0 aliphatic rings. The average molecular weight is 332 g/mol. The van der Waals surface area contributed by atoms with E-state index < -0.39 is 12.0 Å². The van der Waals surface area contributed by atoms with Gasteiger partial charge in [-0.3, -0.25) is 4.79 Å². The van der Waals surface area contributed by atoms with Gasteiger partial charge in [0.15, 0.2) is 0 Å². The Morgan fingerprint density at radius 3 is 2.35 bits per heavy atom. The van der Waals surface area contributed by atoms with Crippen molar-refractivity contribution < 1.29 is 14.7 Å². The fourth-order valence-corrected chi connectivity index (χ4v) is 2.47. The number of carboxylic acids is 1. The van der Waals surface area contributed by atoms with Crippen molar-refractivity contribution in [3.8, 4) is 0 Å². The number of halogens is 1. The molecule has 2 N–H and O–H groups in total. The minimum atomic E-state index is -1.07. The summed E-state index contributed by atoms with van der Waals surface area (Å²) in [6.45, 7) is 0. The standard InChI is InChI=1S/C18H18ClNO3/c19-15-9-5-4-8-14(15)12-16(18(22)23)20-17(21)11-10-13-6-2-1-3-7-13/h1-9,16H,10-12H2,(H,20,21)(H,22,23)/t16-/m1/s1. The molecular weight excluding hydrogens is 314 g/mol. The molecule has 0 fully saturated rings. The van der Waals surface area contributed by atoms with Crippen molar-refractivity contribution in [3.63, 3.8) is 0 Å². The number of nitrogens with one attached hydrogen (secondary N) is 1. The summed E-state index contributed by atoms with van der Waals surface area (Å²) in [5, 5.41) is 12.4. The maximum atomic E-state index is 12.0. The molecule has 4 nitrogen and oxygen atoms in total. The SMILES string of the molecule is O=C(CCc1ccccc1)N[C@H](Cc1ccccc1Cl)C(=O)O. The molecule has 0 bridgehead atoms. The van der Waals surface area contributed by atoms with Crippen LogP contribution in [0.1, 0.15) is 17.5 Å². The molecule has 0 heterocycles. The average Bonchev–Trinajstić information content (AvgIpc) is 2.55. The quantitative estimate of drug-likeness (QED) is 0.819. The predicted octanol–water partition coefficient (Wildman–Crippen LogP) is 3.08. The van der Waals surface area contributed by atoms with Crippen molar-refractivity contribution in [2.75, 3.05) is 0 Å². The van der Waals surface area contributed by atoms with Crippen LogP contribution in [0.3, 0.4) is 0 Å². The van der Waals surface area contributed by atoms with Gasteiger partial charge in [0, 0.05) is 17.9 Å². The van der Waals surface area contributed by atoms with Crippen LogP contribution in [0.25, 0.3) is 0 Å². The van der Waals surface area contributed by atoms with Crippen LogP contribution >= 0.6 is 11.6 Å². The van der Waals surface area contributed by atoms with Crippen LogP contribution in [0.5, 0.6) is 0 Å². The van der Waals surface area contributed by atoms with E-state index in [0.717, 1.165) is 5.56 Å². The van der Waals surface area contributed by atoms with Crippen molar-refractivity contribution in [2.45, 2.75) is 25.3 Å². The van der Waals surface area contributed by atoms with Gasteiger partial charge in [-0.1, -0.05) is 60.1 Å². The Morgan fingerprint density at radius 1 is 1.04 bits per heavy atom. The summed E-state index contributed by atoms with van der Waals surface area (Å²) in [5.41, 5.74) is 1.74. The largest absolute Gasteiger partial charge is 0.480 e. The lowest BCUT2D eigenvalue weighted by molar-refractivity contribution is -0.141. The summed E-state index contributed by atoms with van der Waals surface area (Å²) in [7, 11) is 0. The number of amides is 1. The molecule has 23 heavy (non-hydrogen) atoms. The molecule has 2 aromatic rings. The Hall–Kier alpha value is -2.33. The van der Waals surface area contributed by atoms with Crippen molar-refractivity contribution in [3.05, 3.63) is 70.7 Å². The third-order valence-corrected chi connectivity index (χ3v) is 3.87. The van der Waals surface area contributed by atoms with Gasteiger partial charge in [-0.05, 0) is 23.6 Å².